The lowest BCUT2D eigenvalue weighted by molar-refractivity contribution is 0.0957. The summed E-state index contributed by atoms with van der Waals surface area (Å²) in [5.41, 5.74) is 2.49. The number of aromatic nitrogens is 1. The Bertz CT molecular complexity index is 906. The third-order valence-corrected chi connectivity index (χ3v) is 5.13. The second-order valence-corrected chi connectivity index (χ2v) is 6.80. The van der Waals surface area contributed by atoms with E-state index in [1.807, 2.05) is 37.3 Å². The number of nitrogens with one attached hydrogen (secondary N) is 1. The number of amides is 1. The van der Waals surface area contributed by atoms with E-state index >= 15 is 0 Å². The number of ether oxygens (including phenoxy) is 1. The van der Waals surface area contributed by atoms with Crippen LogP contribution in [0.1, 0.15) is 20.9 Å². The standard InChI is InChI=1S/C20H19FN2O2S/c1-13-18(19(24)22-11-10-14-4-3-5-16(21)12-14)26-20(23-13)15-6-8-17(25-2)9-7-15/h3-9,12H,10-11H2,1-2H3,(H,22,24). The first-order valence-corrected chi connectivity index (χ1v) is 9.03. The minimum atomic E-state index is -0.267. The van der Waals surface area contributed by atoms with E-state index in [4.69, 9.17) is 4.74 Å². The molecule has 3 rings (SSSR count). The molecule has 0 aliphatic carbocycles. The van der Waals surface area contributed by atoms with Crippen LogP contribution >= 0.6 is 11.3 Å². The monoisotopic (exact) mass is 370 g/mol. The van der Waals surface area contributed by atoms with Gasteiger partial charge in [0, 0.05) is 12.1 Å². The molecule has 0 aliphatic heterocycles. The molecule has 1 N–H and O–H groups in total. The average Bonchev–Trinajstić information content (AvgIpc) is 3.03. The van der Waals surface area contributed by atoms with Crippen molar-refractivity contribution in [1.29, 1.82) is 0 Å². The summed E-state index contributed by atoms with van der Waals surface area (Å²) in [5, 5.41) is 3.67. The molecule has 0 radical (unpaired) electrons. The van der Waals surface area contributed by atoms with Gasteiger partial charge in [0.25, 0.3) is 5.91 Å². The topological polar surface area (TPSA) is 51.2 Å². The Labute approximate surface area is 155 Å². The summed E-state index contributed by atoms with van der Waals surface area (Å²) in [6.07, 6.45) is 0.576. The van der Waals surface area contributed by atoms with E-state index in [9.17, 15) is 9.18 Å². The zero-order valence-corrected chi connectivity index (χ0v) is 15.4. The maximum atomic E-state index is 13.2. The second kappa shape index (κ2) is 8.10. The van der Waals surface area contributed by atoms with Gasteiger partial charge in [0.1, 0.15) is 21.5 Å². The Kier molecular flexibility index (Phi) is 5.63. The third kappa shape index (κ3) is 4.26. The molecule has 0 saturated carbocycles. The van der Waals surface area contributed by atoms with Gasteiger partial charge < -0.3 is 10.1 Å². The summed E-state index contributed by atoms with van der Waals surface area (Å²) in [6.45, 7) is 2.27. The fraction of sp³-hybridized carbons (Fsp3) is 0.200. The second-order valence-electron chi connectivity index (χ2n) is 5.80. The van der Waals surface area contributed by atoms with Crippen molar-refractivity contribution in [1.82, 2.24) is 10.3 Å². The fourth-order valence-electron chi connectivity index (χ4n) is 2.56. The molecule has 1 aromatic heterocycles. The molecule has 4 nitrogen and oxygen atoms in total. The molecule has 0 saturated heterocycles. The Morgan fingerprint density at radius 3 is 2.69 bits per heavy atom. The number of rotatable bonds is 6. The zero-order chi connectivity index (χ0) is 18.5. The zero-order valence-electron chi connectivity index (χ0n) is 14.6. The number of carbonyl (C=O) groups excluding carboxylic acids is 1. The maximum Gasteiger partial charge on any atom is 0.263 e. The smallest absolute Gasteiger partial charge is 0.263 e. The van der Waals surface area contributed by atoms with Crippen LogP contribution in [0, 0.1) is 12.7 Å². The summed E-state index contributed by atoms with van der Waals surface area (Å²) in [4.78, 5) is 17.5. The lowest BCUT2D eigenvalue weighted by Gasteiger charge is -2.04. The van der Waals surface area contributed by atoms with Gasteiger partial charge >= 0.3 is 0 Å². The van der Waals surface area contributed by atoms with Crippen LogP contribution in [0.3, 0.4) is 0 Å². The molecule has 3 aromatic rings. The summed E-state index contributed by atoms with van der Waals surface area (Å²) in [6, 6.07) is 14.0. The van der Waals surface area contributed by atoms with Gasteiger partial charge in [-0.1, -0.05) is 12.1 Å². The van der Waals surface area contributed by atoms with Crippen LogP contribution < -0.4 is 10.1 Å². The number of nitrogens with zero attached hydrogens (tertiary/aromatic N) is 1. The quantitative estimate of drug-likeness (QED) is 0.706. The Hall–Kier alpha value is -2.73. The van der Waals surface area contributed by atoms with E-state index < -0.39 is 0 Å². The number of methoxy groups -OCH3 is 1. The van der Waals surface area contributed by atoms with Crippen LogP contribution in [0.2, 0.25) is 0 Å². The number of halogens is 1. The first-order chi connectivity index (χ1) is 12.6. The highest BCUT2D eigenvalue weighted by Gasteiger charge is 2.16. The summed E-state index contributed by atoms with van der Waals surface area (Å²) in [5.74, 6) is 0.352. The van der Waals surface area contributed by atoms with Crippen LogP contribution in [-0.2, 0) is 6.42 Å². The first kappa shape index (κ1) is 18.1. The van der Waals surface area contributed by atoms with Crippen molar-refractivity contribution in [2.45, 2.75) is 13.3 Å². The van der Waals surface area contributed by atoms with Gasteiger partial charge in [0.2, 0.25) is 0 Å². The highest BCUT2D eigenvalue weighted by Crippen LogP contribution is 2.29. The fourth-order valence-corrected chi connectivity index (χ4v) is 3.55. The van der Waals surface area contributed by atoms with Crippen LogP contribution in [-0.4, -0.2) is 24.5 Å². The van der Waals surface area contributed by atoms with Crippen LogP contribution in [0.5, 0.6) is 5.75 Å². The lowest BCUT2D eigenvalue weighted by Crippen LogP contribution is -2.25. The molecule has 0 spiro atoms. The van der Waals surface area contributed by atoms with Crippen molar-refractivity contribution < 1.29 is 13.9 Å². The average molecular weight is 370 g/mol. The van der Waals surface area contributed by atoms with Gasteiger partial charge in [-0.25, -0.2) is 9.37 Å². The van der Waals surface area contributed by atoms with Gasteiger partial charge in [-0.2, -0.15) is 0 Å². The van der Waals surface area contributed by atoms with E-state index in [-0.39, 0.29) is 11.7 Å². The van der Waals surface area contributed by atoms with E-state index in [2.05, 4.69) is 10.3 Å². The summed E-state index contributed by atoms with van der Waals surface area (Å²) < 4.78 is 18.3. The molecular formula is C20H19FN2O2S. The molecule has 6 heteroatoms. The van der Waals surface area contributed by atoms with Gasteiger partial charge in [0.15, 0.2) is 0 Å². The largest absolute Gasteiger partial charge is 0.497 e. The molecule has 0 atom stereocenters. The minimum absolute atomic E-state index is 0.156. The molecule has 134 valence electrons. The van der Waals surface area contributed by atoms with Gasteiger partial charge in [-0.05, 0) is 55.3 Å². The van der Waals surface area contributed by atoms with E-state index in [0.717, 1.165) is 21.9 Å². The number of hydrogen-bond acceptors (Lipinski definition) is 4. The molecule has 1 amide bonds. The highest BCUT2D eigenvalue weighted by atomic mass is 32.1. The van der Waals surface area contributed by atoms with E-state index in [1.165, 1.54) is 23.5 Å². The van der Waals surface area contributed by atoms with Crippen LogP contribution in [0.4, 0.5) is 4.39 Å². The molecule has 0 fully saturated rings. The van der Waals surface area contributed by atoms with Crippen molar-refractivity contribution in [3.8, 4) is 16.3 Å². The number of aryl methyl sites for hydroxylation is 1. The van der Waals surface area contributed by atoms with Crippen molar-refractivity contribution >= 4 is 17.2 Å². The predicted octanol–water partition coefficient (Wildman–Crippen LogP) is 4.24. The Morgan fingerprint density at radius 1 is 1.23 bits per heavy atom. The molecule has 26 heavy (non-hydrogen) atoms. The predicted molar refractivity (Wildman–Crippen MR) is 101 cm³/mol. The van der Waals surface area contributed by atoms with Crippen LogP contribution in [0.25, 0.3) is 10.6 Å². The normalized spacial score (nSPS) is 10.6. The van der Waals surface area contributed by atoms with Crippen molar-refractivity contribution in [2.24, 2.45) is 0 Å². The van der Waals surface area contributed by atoms with Crippen molar-refractivity contribution in [3.63, 3.8) is 0 Å². The Morgan fingerprint density at radius 2 is 2.00 bits per heavy atom. The van der Waals surface area contributed by atoms with Crippen molar-refractivity contribution in [2.75, 3.05) is 13.7 Å². The van der Waals surface area contributed by atoms with Crippen molar-refractivity contribution in [3.05, 3.63) is 70.5 Å². The Balaban J connectivity index is 1.65. The number of hydrogen-bond donors (Lipinski definition) is 1. The summed E-state index contributed by atoms with van der Waals surface area (Å²) in [7, 11) is 1.62. The molecular weight excluding hydrogens is 351 g/mol. The first-order valence-electron chi connectivity index (χ1n) is 8.21. The number of thiazole rings is 1. The highest BCUT2D eigenvalue weighted by molar-refractivity contribution is 7.17. The molecule has 1 heterocycles. The SMILES string of the molecule is COc1ccc(-c2nc(C)c(C(=O)NCCc3cccc(F)c3)s2)cc1. The van der Waals surface area contributed by atoms with Gasteiger partial charge in [-0.15, -0.1) is 11.3 Å². The maximum absolute atomic E-state index is 13.2. The third-order valence-electron chi connectivity index (χ3n) is 3.93. The van der Waals surface area contributed by atoms with Crippen LogP contribution in [0.15, 0.2) is 48.5 Å². The molecule has 0 bridgehead atoms. The summed E-state index contributed by atoms with van der Waals surface area (Å²) >= 11 is 1.36. The minimum Gasteiger partial charge on any atom is -0.497 e. The molecule has 0 unspecified atom stereocenters. The van der Waals surface area contributed by atoms with E-state index in [1.54, 1.807) is 13.2 Å². The van der Waals surface area contributed by atoms with Gasteiger partial charge in [-0.3, -0.25) is 4.79 Å². The molecule has 0 aliphatic rings. The van der Waals surface area contributed by atoms with Gasteiger partial charge in [0.05, 0.1) is 12.8 Å². The number of carbonyl (C=O) groups is 1. The van der Waals surface area contributed by atoms with E-state index in [0.29, 0.717) is 23.5 Å². The molecule has 2 aromatic carbocycles. The lowest BCUT2D eigenvalue weighted by atomic mass is 10.1. The number of benzene rings is 2.